The van der Waals surface area contributed by atoms with E-state index in [1.54, 1.807) is 11.8 Å². The van der Waals surface area contributed by atoms with E-state index in [2.05, 4.69) is 17.2 Å². The molecule has 0 saturated heterocycles. The fourth-order valence-corrected chi connectivity index (χ4v) is 2.11. The number of thioether (sulfide) groups is 1. The number of nitrogens with zero attached hydrogens (tertiary/aromatic N) is 1. The van der Waals surface area contributed by atoms with E-state index in [1.165, 1.54) is 0 Å². The van der Waals surface area contributed by atoms with Crippen molar-refractivity contribution in [2.24, 2.45) is 0 Å². The number of aliphatic hydroxyl groups excluding tert-OH is 1. The first-order chi connectivity index (χ1) is 7.77. The number of nitrogens with one attached hydrogen (secondary N) is 1. The van der Waals surface area contributed by atoms with E-state index in [9.17, 15) is 0 Å². The van der Waals surface area contributed by atoms with Crippen LogP contribution >= 0.6 is 23.4 Å². The monoisotopic (exact) mass is 260 g/mol. The lowest BCUT2D eigenvalue weighted by Crippen LogP contribution is -2.03. The van der Waals surface area contributed by atoms with Crippen LogP contribution in [0.3, 0.4) is 0 Å². The Hall–Kier alpha value is -0.450. The van der Waals surface area contributed by atoms with Crippen molar-refractivity contribution in [1.82, 2.24) is 4.98 Å². The van der Waals surface area contributed by atoms with Crippen LogP contribution in [0.4, 0.5) is 5.82 Å². The highest BCUT2D eigenvalue weighted by molar-refractivity contribution is 7.98. The summed E-state index contributed by atoms with van der Waals surface area (Å²) < 4.78 is 0. The zero-order valence-electron chi connectivity index (χ0n) is 9.37. The summed E-state index contributed by atoms with van der Waals surface area (Å²) in [6.45, 7) is 3.22. The highest BCUT2D eigenvalue weighted by atomic mass is 35.5. The number of halogens is 1. The molecule has 0 aliphatic heterocycles. The molecule has 0 aliphatic rings. The smallest absolute Gasteiger partial charge is 0.126 e. The summed E-state index contributed by atoms with van der Waals surface area (Å²) in [7, 11) is 0. The first kappa shape index (κ1) is 13.6. The predicted molar refractivity (Wildman–Crippen MR) is 71.3 cm³/mol. The fourth-order valence-electron chi connectivity index (χ4n) is 1.17. The third-order valence-electron chi connectivity index (χ3n) is 1.95. The third kappa shape index (κ3) is 4.60. The molecule has 0 saturated carbocycles. The molecule has 0 fully saturated rings. The minimum Gasteiger partial charge on any atom is -0.396 e. The fraction of sp³-hybridized carbons (Fsp3) is 0.545. The average Bonchev–Trinajstić information content (AvgIpc) is 2.30. The molecule has 3 nitrogen and oxygen atoms in total. The van der Waals surface area contributed by atoms with Gasteiger partial charge in [-0.05, 0) is 18.6 Å². The molecule has 0 unspecified atom stereocenters. The summed E-state index contributed by atoms with van der Waals surface area (Å²) in [6.07, 6.45) is 1.07. The first-order valence-electron chi connectivity index (χ1n) is 5.35. The average molecular weight is 261 g/mol. The molecule has 0 amide bonds. The van der Waals surface area contributed by atoms with Gasteiger partial charge in [-0.3, -0.25) is 0 Å². The van der Waals surface area contributed by atoms with Crippen molar-refractivity contribution in [2.45, 2.75) is 19.1 Å². The van der Waals surface area contributed by atoms with Crippen molar-refractivity contribution < 1.29 is 5.11 Å². The van der Waals surface area contributed by atoms with Gasteiger partial charge in [0.15, 0.2) is 0 Å². The van der Waals surface area contributed by atoms with E-state index in [-0.39, 0.29) is 6.61 Å². The maximum atomic E-state index is 8.70. The van der Waals surface area contributed by atoms with Gasteiger partial charge in [0.05, 0.1) is 17.3 Å². The van der Waals surface area contributed by atoms with Crippen molar-refractivity contribution in [3.8, 4) is 0 Å². The summed E-state index contributed by atoms with van der Waals surface area (Å²) in [6, 6.07) is 3.75. The van der Waals surface area contributed by atoms with Crippen molar-refractivity contribution in [1.29, 1.82) is 0 Å². The lowest BCUT2D eigenvalue weighted by Gasteiger charge is -2.07. The lowest BCUT2D eigenvalue weighted by molar-refractivity contribution is 0.322. The van der Waals surface area contributed by atoms with Gasteiger partial charge in [-0.25, -0.2) is 4.98 Å². The highest BCUT2D eigenvalue weighted by Crippen LogP contribution is 2.21. The van der Waals surface area contributed by atoms with E-state index >= 15 is 0 Å². The van der Waals surface area contributed by atoms with Crippen LogP contribution in [0.1, 0.15) is 19.0 Å². The largest absolute Gasteiger partial charge is 0.396 e. The van der Waals surface area contributed by atoms with Crippen molar-refractivity contribution >= 4 is 29.2 Å². The molecular weight excluding hydrogens is 244 g/mol. The second-order valence-electron chi connectivity index (χ2n) is 3.33. The van der Waals surface area contributed by atoms with Crippen LogP contribution in [0.25, 0.3) is 0 Å². The highest BCUT2D eigenvalue weighted by Gasteiger charge is 2.03. The van der Waals surface area contributed by atoms with Crippen LogP contribution < -0.4 is 5.32 Å². The number of rotatable bonds is 7. The Kier molecular flexibility index (Phi) is 6.61. The molecule has 2 N–H and O–H groups in total. The molecule has 0 atom stereocenters. The predicted octanol–water partition coefficient (Wildman–Crippen LogP) is 2.78. The van der Waals surface area contributed by atoms with Crippen LogP contribution in [0.2, 0.25) is 5.02 Å². The molecule has 5 heteroatoms. The molecule has 1 aromatic heterocycles. The van der Waals surface area contributed by atoms with Crippen LogP contribution in [-0.2, 0) is 5.75 Å². The van der Waals surface area contributed by atoms with E-state index < -0.39 is 0 Å². The molecule has 90 valence electrons. The number of hydrogen-bond donors (Lipinski definition) is 2. The van der Waals surface area contributed by atoms with Gasteiger partial charge in [-0.2, -0.15) is 11.8 Å². The van der Waals surface area contributed by atoms with E-state index in [0.717, 1.165) is 30.2 Å². The van der Waals surface area contributed by atoms with Gasteiger partial charge < -0.3 is 10.4 Å². The van der Waals surface area contributed by atoms with Gasteiger partial charge in [0.1, 0.15) is 5.82 Å². The minimum atomic E-state index is 0.191. The van der Waals surface area contributed by atoms with Crippen molar-refractivity contribution in [2.75, 3.05) is 24.2 Å². The van der Waals surface area contributed by atoms with E-state index in [1.807, 2.05) is 12.1 Å². The summed E-state index contributed by atoms with van der Waals surface area (Å²) in [5.41, 5.74) is 0.876. The van der Waals surface area contributed by atoms with Crippen molar-refractivity contribution in [3.63, 3.8) is 0 Å². The second-order valence-corrected chi connectivity index (χ2v) is 4.84. The Morgan fingerprint density at radius 3 is 3.00 bits per heavy atom. The lowest BCUT2D eigenvalue weighted by atomic mass is 10.3. The second kappa shape index (κ2) is 7.76. The third-order valence-corrected chi connectivity index (χ3v) is 3.24. The molecule has 0 bridgehead atoms. The molecule has 0 spiro atoms. The Balaban J connectivity index is 2.59. The van der Waals surface area contributed by atoms with E-state index in [4.69, 9.17) is 16.7 Å². The number of aromatic nitrogens is 1. The van der Waals surface area contributed by atoms with Gasteiger partial charge >= 0.3 is 0 Å². The van der Waals surface area contributed by atoms with Crippen LogP contribution in [0, 0.1) is 0 Å². The Morgan fingerprint density at radius 2 is 2.31 bits per heavy atom. The maximum absolute atomic E-state index is 8.70. The summed E-state index contributed by atoms with van der Waals surface area (Å²) in [5, 5.41) is 12.6. The maximum Gasteiger partial charge on any atom is 0.126 e. The van der Waals surface area contributed by atoms with Crippen LogP contribution in [0.15, 0.2) is 12.1 Å². The zero-order chi connectivity index (χ0) is 11.8. The Labute approximate surface area is 106 Å². The van der Waals surface area contributed by atoms with Crippen LogP contribution in [0.5, 0.6) is 0 Å². The molecule has 1 heterocycles. The molecule has 0 radical (unpaired) electrons. The number of pyridine rings is 1. The molecule has 0 aliphatic carbocycles. The first-order valence-corrected chi connectivity index (χ1v) is 6.89. The van der Waals surface area contributed by atoms with Crippen molar-refractivity contribution in [3.05, 3.63) is 22.8 Å². The van der Waals surface area contributed by atoms with Gasteiger partial charge in [-0.1, -0.05) is 18.5 Å². The summed E-state index contributed by atoms with van der Waals surface area (Å²) in [4.78, 5) is 4.44. The molecular formula is C11H17ClN2OS. The molecule has 1 aromatic rings. The molecule has 16 heavy (non-hydrogen) atoms. The summed E-state index contributed by atoms with van der Waals surface area (Å²) >= 11 is 7.67. The van der Waals surface area contributed by atoms with Gasteiger partial charge in [-0.15, -0.1) is 0 Å². The topological polar surface area (TPSA) is 45.1 Å². The van der Waals surface area contributed by atoms with Gasteiger partial charge in [0.2, 0.25) is 0 Å². The summed E-state index contributed by atoms with van der Waals surface area (Å²) in [5.74, 6) is 2.32. The minimum absolute atomic E-state index is 0.191. The SMILES string of the molecule is CCCNc1ccc(Cl)c(CSCCO)n1. The molecule has 0 aromatic carbocycles. The number of hydrogen-bond acceptors (Lipinski definition) is 4. The Morgan fingerprint density at radius 1 is 1.50 bits per heavy atom. The standard InChI is InChI=1S/C11H17ClN2OS/c1-2-5-13-11-4-3-9(12)10(14-11)8-16-7-6-15/h3-4,15H,2,5-8H2,1H3,(H,13,14). The van der Waals surface area contributed by atoms with Crippen LogP contribution in [-0.4, -0.2) is 29.0 Å². The number of anilines is 1. The number of aliphatic hydroxyl groups is 1. The van der Waals surface area contributed by atoms with Gasteiger partial charge in [0, 0.05) is 18.1 Å². The molecule has 1 rings (SSSR count). The normalized spacial score (nSPS) is 10.4. The van der Waals surface area contributed by atoms with E-state index in [0.29, 0.717) is 10.8 Å². The zero-order valence-corrected chi connectivity index (χ0v) is 10.9. The van der Waals surface area contributed by atoms with Gasteiger partial charge in [0.25, 0.3) is 0 Å². The quantitative estimate of drug-likeness (QED) is 0.740. The Bertz CT molecular complexity index is 323.